The van der Waals surface area contributed by atoms with Gasteiger partial charge in [0.1, 0.15) is 5.75 Å². The molecule has 3 nitrogen and oxygen atoms in total. The van der Waals surface area contributed by atoms with Gasteiger partial charge < -0.3 is 15.9 Å². The van der Waals surface area contributed by atoms with E-state index in [1.165, 1.54) is 0 Å². The number of hydrogen-bond donors (Lipinski definition) is 3. The van der Waals surface area contributed by atoms with Gasteiger partial charge in [0.05, 0.1) is 12.1 Å². The summed E-state index contributed by atoms with van der Waals surface area (Å²) < 4.78 is 0. The van der Waals surface area contributed by atoms with Crippen molar-refractivity contribution in [1.82, 2.24) is 0 Å². The molecule has 0 aliphatic heterocycles. The predicted molar refractivity (Wildman–Crippen MR) is 72.5 cm³/mol. The highest BCUT2D eigenvalue weighted by atomic mass is 35.5. The molecule has 1 aromatic rings. The number of phenols is 1. The lowest BCUT2D eigenvalue weighted by Gasteiger charge is -2.31. The number of nitrogens with two attached hydrogens (primary N) is 1. The van der Waals surface area contributed by atoms with Gasteiger partial charge in [-0.1, -0.05) is 38.5 Å². The minimum absolute atomic E-state index is 0. The zero-order valence-corrected chi connectivity index (χ0v) is 11.6. The van der Waals surface area contributed by atoms with Crippen molar-refractivity contribution in [2.75, 3.05) is 0 Å². The molecule has 0 unspecified atom stereocenters. The van der Waals surface area contributed by atoms with Gasteiger partial charge in [-0.3, -0.25) is 0 Å². The standard InChI is InChI=1S/C13H21NO2.ClH/c1-8-5-6-10(15)9(7-8)11(14)12(16)13(2,3)4;/h5-7,11-12,15-16H,14H2,1-4H3;1H/t11-,12-;/m1./s1. The molecule has 0 bridgehead atoms. The topological polar surface area (TPSA) is 66.5 Å². The molecule has 0 amide bonds. The summed E-state index contributed by atoms with van der Waals surface area (Å²) in [5, 5.41) is 19.8. The summed E-state index contributed by atoms with van der Waals surface area (Å²) in [5.74, 6) is 0.140. The molecule has 0 aliphatic rings. The molecule has 17 heavy (non-hydrogen) atoms. The Morgan fingerprint density at radius 3 is 2.24 bits per heavy atom. The van der Waals surface area contributed by atoms with E-state index in [2.05, 4.69) is 0 Å². The van der Waals surface area contributed by atoms with E-state index in [0.29, 0.717) is 5.56 Å². The molecule has 0 saturated heterocycles. The molecule has 0 fully saturated rings. The first-order valence-electron chi connectivity index (χ1n) is 5.46. The zero-order valence-electron chi connectivity index (χ0n) is 10.8. The highest BCUT2D eigenvalue weighted by Crippen LogP contribution is 2.32. The van der Waals surface area contributed by atoms with E-state index in [9.17, 15) is 10.2 Å². The summed E-state index contributed by atoms with van der Waals surface area (Å²) in [6, 6.07) is 4.67. The number of hydrogen-bond acceptors (Lipinski definition) is 3. The molecule has 0 aromatic heterocycles. The number of aromatic hydroxyl groups is 1. The van der Waals surface area contributed by atoms with Gasteiger partial charge in [0.15, 0.2) is 0 Å². The van der Waals surface area contributed by atoms with Crippen LogP contribution in [0, 0.1) is 12.3 Å². The first-order chi connectivity index (χ1) is 7.23. The van der Waals surface area contributed by atoms with Crippen LogP contribution in [0.5, 0.6) is 5.75 Å². The Morgan fingerprint density at radius 1 is 1.24 bits per heavy atom. The second kappa shape index (κ2) is 5.71. The fourth-order valence-corrected chi connectivity index (χ4v) is 1.65. The Morgan fingerprint density at radius 2 is 1.76 bits per heavy atom. The lowest BCUT2D eigenvalue weighted by atomic mass is 9.82. The van der Waals surface area contributed by atoms with Crippen molar-refractivity contribution in [1.29, 1.82) is 0 Å². The maximum atomic E-state index is 10.1. The first kappa shape index (κ1) is 16.2. The summed E-state index contributed by atoms with van der Waals surface area (Å²) in [4.78, 5) is 0. The van der Waals surface area contributed by atoms with Gasteiger partial charge in [0.25, 0.3) is 0 Å². The molecule has 2 atom stereocenters. The van der Waals surface area contributed by atoms with Crippen molar-refractivity contribution in [3.8, 4) is 5.75 Å². The van der Waals surface area contributed by atoms with Crippen LogP contribution in [0.15, 0.2) is 18.2 Å². The second-order valence-corrected chi connectivity index (χ2v) is 5.40. The summed E-state index contributed by atoms with van der Waals surface area (Å²) in [6.07, 6.45) is -0.694. The van der Waals surface area contributed by atoms with Gasteiger partial charge in [-0.15, -0.1) is 12.4 Å². The van der Waals surface area contributed by atoms with E-state index in [-0.39, 0.29) is 23.6 Å². The number of benzene rings is 1. The number of rotatable bonds is 2. The highest BCUT2D eigenvalue weighted by molar-refractivity contribution is 5.85. The Labute approximate surface area is 109 Å². The molecule has 4 heteroatoms. The maximum Gasteiger partial charge on any atom is 0.120 e. The fraction of sp³-hybridized carbons (Fsp3) is 0.538. The van der Waals surface area contributed by atoms with E-state index in [1.807, 2.05) is 39.8 Å². The molecular weight excluding hydrogens is 238 g/mol. The van der Waals surface area contributed by atoms with Crippen LogP contribution >= 0.6 is 12.4 Å². The molecule has 1 rings (SSSR count). The minimum atomic E-state index is -0.694. The third-order valence-electron chi connectivity index (χ3n) is 2.77. The highest BCUT2D eigenvalue weighted by Gasteiger charge is 2.30. The minimum Gasteiger partial charge on any atom is -0.508 e. The van der Waals surface area contributed by atoms with Crippen molar-refractivity contribution >= 4 is 12.4 Å². The van der Waals surface area contributed by atoms with Crippen LogP contribution < -0.4 is 5.73 Å². The van der Waals surface area contributed by atoms with Crippen LogP contribution in [0.25, 0.3) is 0 Å². The van der Waals surface area contributed by atoms with Gasteiger partial charge in [-0.2, -0.15) is 0 Å². The van der Waals surface area contributed by atoms with Crippen molar-refractivity contribution < 1.29 is 10.2 Å². The van der Waals surface area contributed by atoms with Gasteiger partial charge in [-0.25, -0.2) is 0 Å². The number of halogens is 1. The van der Waals surface area contributed by atoms with Crippen LogP contribution in [0.1, 0.15) is 37.9 Å². The van der Waals surface area contributed by atoms with Crippen LogP contribution in [0.2, 0.25) is 0 Å². The number of aliphatic hydroxyl groups is 1. The predicted octanol–water partition coefficient (Wildman–Crippen LogP) is 2.53. The second-order valence-electron chi connectivity index (χ2n) is 5.40. The molecule has 0 radical (unpaired) electrons. The van der Waals surface area contributed by atoms with Crippen molar-refractivity contribution in [3.05, 3.63) is 29.3 Å². The summed E-state index contributed by atoms with van der Waals surface area (Å²) in [7, 11) is 0. The van der Waals surface area contributed by atoms with Gasteiger partial charge in [0, 0.05) is 5.56 Å². The molecule has 0 saturated carbocycles. The van der Waals surface area contributed by atoms with Gasteiger partial charge >= 0.3 is 0 Å². The van der Waals surface area contributed by atoms with E-state index < -0.39 is 12.1 Å². The lowest BCUT2D eigenvalue weighted by Crippen LogP contribution is -2.37. The molecule has 0 spiro atoms. The quantitative estimate of drug-likeness (QED) is 0.765. The largest absolute Gasteiger partial charge is 0.508 e. The van der Waals surface area contributed by atoms with Crippen LogP contribution in [0.3, 0.4) is 0 Å². The smallest absolute Gasteiger partial charge is 0.120 e. The number of aryl methyl sites for hydroxylation is 1. The molecule has 4 N–H and O–H groups in total. The summed E-state index contributed by atoms with van der Waals surface area (Å²) in [5.41, 5.74) is 7.29. The van der Waals surface area contributed by atoms with E-state index >= 15 is 0 Å². The third kappa shape index (κ3) is 3.87. The van der Waals surface area contributed by atoms with Crippen molar-refractivity contribution in [2.45, 2.75) is 39.8 Å². The van der Waals surface area contributed by atoms with Gasteiger partial charge in [0.2, 0.25) is 0 Å². The zero-order chi connectivity index (χ0) is 12.5. The van der Waals surface area contributed by atoms with Crippen LogP contribution in [0.4, 0.5) is 0 Å². The fourth-order valence-electron chi connectivity index (χ4n) is 1.65. The Kier molecular flexibility index (Phi) is 5.46. The molecular formula is C13H22ClNO2. The van der Waals surface area contributed by atoms with Crippen LogP contribution in [-0.4, -0.2) is 16.3 Å². The number of phenolic OH excluding ortho intramolecular Hbond substituents is 1. The molecule has 0 heterocycles. The Balaban J connectivity index is 0.00000256. The SMILES string of the molecule is Cc1ccc(O)c([C@@H](N)[C@@H](O)C(C)(C)C)c1.Cl. The first-order valence-corrected chi connectivity index (χ1v) is 5.46. The molecule has 0 aliphatic carbocycles. The van der Waals surface area contributed by atoms with Gasteiger partial charge in [-0.05, 0) is 18.4 Å². The molecule has 98 valence electrons. The Bertz CT molecular complexity index is 374. The van der Waals surface area contributed by atoms with E-state index in [0.717, 1.165) is 5.56 Å². The normalized spacial score (nSPS) is 14.9. The lowest BCUT2D eigenvalue weighted by molar-refractivity contribution is 0.0394. The molecule has 1 aromatic carbocycles. The van der Waals surface area contributed by atoms with Crippen molar-refractivity contribution in [3.63, 3.8) is 0 Å². The maximum absolute atomic E-state index is 10.1. The average Bonchev–Trinajstić information content (AvgIpc) is 2.18. The average molecular weight is 260 g/mol. The number of aliphatic hydroxyl groups excluding tert-OH is 1. The Hall–Kier alpha value is -0.770. The summed E-state index contributed by atoms with van der Waals surface area (Å²) >= 11 is 0. The summed E-state index contributed by atoms with van der Waals surface area (Å²) in [6.45, 7) is 7.69. The van der Waals surface area contributed by atoms with E-state index in [1.54, 1.807) is 6.07 Å². The van der Waals surface area contributed by atoms with E-state index in [4.69, 9.17) is 5.73 Å². The monoisotopic (exact) mass is 259 g/mol. The van der Waals surface area contributed by atoms with Crippen molar-refractivity contribution in [2.24, 2.45) is 11.1 Å². The van der Waals surface area contributed by atoms with Crippen LogP contribution in [-0.2, 0) is 0 Å². The third-order valence-corrected chi connectivity index (χ3v) is 2.77.